The van der Waals surface area contributed by atoms with E-state index in [2.05, 4.69) is 19.1 Å². The number of aromatic nitrogens is 1. The summed E-state index contributed by atoms with van der Waals surface area (Å²) in [5, 5.41) is 0. The fourth-order valence-corrected chi connectivity index (χ4v) is 2.98. The Bertz CT molecular complexity index is 1070. The summed E-state index contributed by atoms with van der Waals surface area (Å²) in [5.74, 6) is -2.57. The third-order valence-electron chi connectivity index (χ3n) is 4.20. The molecular weight excluding hydrogens is 290 g/mol. The maximum Gasteiger partial charge on any atom is 0.212 e. The van der Waals surface area contributed by atoms with Crippen LogP contribution in [0.5, 0.6) is 0 Å². The van der Waals surface area contributed by atoms with Crippen molar-refractivity contribution in [3.05, 3.63) is 78.0 Å². The first kappa shape index (κ1) is 9.78. The summed E-state index contributed by atoms with van der Waals surface area (Å²) < 4.78 is 56.2. The number of aryl methyl sites for hydroxylation is 2. The summed E-state index contributed by atoms with van der Waals surface area (Å²) in [7, 11) is 1.97. The first-order chi connectivity index (χ1) is 14.3. The highest BCUT2D eigenvalue weighted by Gasteiger charge is 2.13. The lowest BCUT2D eigenvalue weighted by Crippen LogP contribution is -2.30. The average Bonchev–Trinajstić information content (AvgIpc) is 2.67. The number of pyridine rings is 1. The fraction of sp³-hybridized carbons (Fsp3) is 0.261. The molecule has 0 atom stereocenters. The minimum atomic E-state index is -2.93. The summed E-state index contributed by atoms with van der Waals surface area (Å²) in [6.07, 6.45) is 1.60. The summed E-state index contributed by atoms with van der Waals surface area (Å²) in [6, 6.07) is 19.3. The van der Waals surface area contributed by atoms with Gasteiger partial charge in [0.1, 0.15) is 7.05 Å². The number of benzene rings is 2. The third-order valence-corrected chi connectivity index (χ3v) is 4.20. The van der Waals surface area contributed by atoms with E-state index in [-0.39, 0.29) is 6.42 Å². The Hall–Kier alpha value is -2.41. The predicted molar refractivity (Wildman–Crippen MR) is 102 cm³/mol. The smallest absolute Gasteiger partial charge is 0.200 e. The van der Waals surface area contributed by atoms with Crippen LogP contribution >= 0.6 is 0 Å². The second-order valence-electron chi connectivity index (χ2n) is 6.08. The van der Waals surface area contributed by atoms with Gasteiger partial charge in [-0.05, 0) is 48.1 Å². The summed E-state index contributed by atoms with van der Waals surface area (Å²) in [5.41, 5.74) is 5.63. The number of rotatable bonds is 4. The minimum absolute atomic E-state index is 0.388. The molecule has 1 aromatic heterocycles. The van der Waals surface area contributed by atoms with Gasteiger partial charge in [0.25, 0.3) is 0 Å². The Morgan fingerprint density at radius 1 is 1.00 bits per heavy atom. The molecule has 122 valence electrons. The second kappa shape index (κ2) is 7.00. The Labute approximate surface area is 155 Å². The van der Waals surface area contributed by atoms with Crippen molar-refractivity contribution < 1.29 is 14.2 Å². The van der Waals surface area contributed by atoms with Gasteiger partial charge in [0.05, 0.1) is 0 Å². The SMILES string of the molecule is [2H]C([2H])([2H])C([2H])(Cc1cccc(-c2ccc(-c3ccccc3C)[n+](C)c2)c1)C([2H])([2H])[2H]. The monoisotopic (exact) mass is 323 g/mol. The van der Waals surface area contributed by atoms with Crippen molar-refractivity contribution in [2.24, 2.45) is 12.9 Å². The molecular formula is C23H26N+. The van der Waals surface area contributed by atoms with Crippen LogP contribution in [0.2, 0.25) is 0 Å². The van der Waals surface area contributed by atoms with Gasteiger partial charge in [-0.2, -0.15) is 0 Å². The highest BCUT2D eigenvalue weighted by Crippen LogP contribution is 2.24. The van der Waals surface area contributed by atoms with E-state index in [0.29, 0.717) is 5.56 Å². The lowest BCUT2D eigenvalue weighted by atomic mass is 9.98. The van der Waals surface area contributed by atoms with Gasteiger partial charge in [-0.1, -0.05) is 56.2 Å². The number of hydrogen-bond donors (Lipinski definition) is 0. The van der Waals surface area contributed by atoms with Crippen LogP contribution in [0.25, 0.3) is 22.4 Å². The molecule has 2 aromatic carbocycles. The van der Waals surface area contributed by atoms with Crippen LogP contribution in [-0.4, -0.2) is 0 Å². The van der Waals surface area contributed by atoms with E-state index in [0.717, 1.165) is 22.4 Å². The molecule has 0 unspecified atom stereocenters. The zero-order chi connectivity index (χ0) is 23.0. The van der Waals surface area contributed by atoms with Crippen molar-refractivity contribution in [2.45, 2.75) is 27.0 Å². The maximum absolute atomic E-state index is 8.28. The average molecular weight is 324 g/mol. The Morgan fingerprint density at radius 3 is 2.58 bits per heavy atom. The van der Waals surface area contributed by atoms with E-state index < -0.39 is 19.6 Å². The minimum Gasteiger partial charge on any atom is -0.200 e. The molecule has 0 amide bonds. The highest BCUT2D eigenvalue weighted by molar-refractivity contribution is 5.66. The van der Waals surface area contributed by atoms with Crippen molar-refractivity contribution in [1.29, 1.82) is 0 Å². The Kier molecular flexibility index (Phi) is 2.85. The molecule has 0 radical (unpaired) electrons. The third kappa shape index (κ3) is 3.56. The molecule has 0 N–H and O–H groups in total. The van der Waals surface area contributed by atoms with Gasteiger partial charge in [-0.15, -0.1) is 0 Å². The Balaban J connectivity index is 1.97. The first-order valence-electron chi connectivity index (χ1n) is 11.5. The van der Waals surface area contributed by atoms with Crippen LogP contribution in [0.3, 0.4) is 0 Å². The van der Waals surface area contributed by atoms with E-state index in [4.69, 9.17) is 9.60 Å². The van der Waals surface area contributed by atoms with Gasteiger partial charge in [0.15, 0.2) is 6.20 Å². The van der Waals surface area contributed by atoms with E-state index >= 15 is 0 Å². The molecule has 3 aromatic rings. The summed E-state index contributed by atoms with van der Waals surface area (Å²) in [6.45, 7) is -3.80. The number of hydrogen-bond acceptors (Lipinski definition) is 0. The standard InChI is InChI=1S/C23H26N/c1-17(2)14-19-9-7-10-20(15-19)21-12-13-23(24(4)16-21)22-11-6-5-8-18(22)3/h5-13,15-17H,14H2,1-4H3/q+1/i1D3,2D3,17D. The maximum atomic E-state index is 8.28. The largest absolute Gasteiger partial charge is 0.212 e. The molecule has 24 heavy (non-hydrogen) atoms. The molecule has 0 bridgehead atoms. The van der Waals surface area contributed by atoms with Gasteiger partial charge in [0.2, 0.25) is 5.69 Å². The Morgan fingerprint density at radius 2 is 1.83 bits per heavy atom. The van der Waals surface area contributed by atoms with Gasteiger partial charge >= 0.3 is 0 Å². The lowest BCUT2D eigenvalue weighted by Gasteiger charge is -2.09. The van der Waals surface area contributed by atoms with E-state index in [9.17, 15) is 0 Å². The molecule has 1 heterocycles. The van der Waals surface area contributed by atoms with Gasteiger partial charge < -0.3 is 0 Å². The summed E-state index contributed by atoms with van der Waals surface area (Å²) in [4.78, 5) is 0. The zero-order valence-corrected chi connectivity index (χ0v) is 14.0. The molecule has 1 heteroatoms. The van der Waals surface area contributed by atoms with Crippen LogP contribution in [0, 0.1) is 12.8 Å². The molecule has 3 rings (SSSR count). The molecule has 1 nitrogen and oxygen atoms in total. The van der Waals surface area contributed by atoms with Crippen molar-refractivity contribution in [3.8, 4) is 22.4 Å². The number of nitrogens with zero attached hydrogens (tertiary/aromatic N) is 1. The van der Waals surface area contributed by atoms with Crippen molar-refractivity contribution >= 4 is 0 Å². The lowest BCUT2D eigenvalue weighted by molar-refractivity contribution is -0.659. The highest BCUT2D eigenvalue weighted by atomic mass is 14.9. The predicted octanol–water partition coefficient (Wildman–Crippen LogP) is 5.35. The zero-order valence-electron chi connectivity index (χ0n) is 21.0. The molecule has 0 aliphatic rings. The van der Waals surface area contributed by atoms with Crippen molar-refractivity contribution in [2.75, 3.05) is 0 Å². The molecule has 0 saturated heterocycles. The normalized spacial score (nSPS) is 16.8. The van der Waals surface area contributed by atoms with Gasteiger partial charge in [-0.25, -0.2) is 4.57 Å². The van der Waals surface area contributed by atoms with Gasteiger partial charge in [-0.3, -0.25) is 0 Å². The molecule has 0 spiro atoms. The quantitative estimate of drug-likeness (QED) is 0.570. The first-order valence-corrected chi connectivity index (χ1v) is 7.98. The molecule has 0 saturated carbocycles. The van der Waals surface area contributed by atoms with E-state index in [1.165, 1.54) is 5.56 Å². The van der Waals surface area contributed by atoms with Gasteiger partial charge in [0, 0.05) is 26.8 Å². The van der Waals surface area contributed by atoms with E-state index in [1.54, 1.807) is 18.2 Å². The molecule has 0 aliphatic carbocycles. The van der Waals surface area contributed by atoms with Crippen LogP contribution in [-0.2, 0) is 13.5 Å². The summed E-state index contributed by atoms with van der Waals surface area (Å²) >= 11 is 0. The van der Waals surface area contributed by atoms with Crippen LogP contribution in [0.15, 0.2) is 66.9 Å². The topological polar surface area (TPSA) is 3.88 Å². The van der Waals surface area contributed by atoms with Crippen LogP contribution in [0.1, 0.15) is 34.4 Å². The van der Waals surface area contributed by atoms with Crippen molar-refractivity contribution in [1.82, 2.24) is 0 Å². The fourth-order valence-electron chi connectivity index (χ4n) is 2.98. The van der Waals surface area contributed by atoms with Crippen LogP contribution < -0.4 is 4.57 Å². The van der Waals surface area contributed by atoms with Crippen LogP contribution in [0.4, 0.5) is 0 Å². The van der Waals surface area contributed by atoms with E-state index in [1.807, 2.05) is 48.1 Å². The molecule has 0 fully saturated rings. The van der Waals surface area contributed by atoms with Crippen molar-refractivity contribution in [3.63, 3.8) is 0 Å². The molecule has 0 aliphatic heterocycles. The second-order valence-corrected chi connectivity index (χ2v) is 6.08.